The van der Waals surface area contributed by atoms with E-state index in [1.54, 1.807) is 0 Å². The van der Waals surface area contributed by atoms with Crippen molar-refractivity contribution in [2.24, 2.45) is 0 Å². The van der Waals surface area contributed by atoms with E-state index in [0.29, 0.717) is 0 Å². The van der Waals surface area contributed by atoms with Gasteiger partial charge in [0.05, 0.1) is 16.6 Å². The van der Waals surface area contributed by atoms with Crippen molar-refractivity contribution in [2.45, 2.75) is 27.7 Å². The third-order valence-corrected chi connectivity index (χ3v) is 4.73. The number of fused-ring (bicyclic) bond motifs is 6. The van der Waals surface area contributed by atoms with E-state index in [9.17, 15) is 0 Å². The summed E-state index contributed by atoms with van der Waals surface area (Å²) in [5.41, 5.74) is 8.96. The quantitative estimate of drug-likeness (QED) is 0.418. The van der Waals surface area contributed by atoms with Crippen LogP contribution in [0.3, 0.4) is 0 Å². The van der Waals surface area contributed by atoms with Gasteiger partial charge in [-0.05, 0) is 63.1 Å². The van der Waals surface area contributed by atoms with Gasteiger partial charge in [0.2, 0.25) is 0 Å². The second-order valence-corrected chi connectivity index (χ2v) is 5.94. The van der Waals surface area contributed by atoms with Crippen LogP contribution in [0.4, 0.5) is 0 Å². The lowest BCUT2D eigenvalue weighted by molar-refractivity contribution is 1.14. The number of aryl methyl sites for hydroxylation is 3. The topological polar surface area (TPSA) is 17.3 Å². The first-order valence-electron chi connectivity index (χ1n) is 7.35. The van der Waals surface area contributed by atoms with Crippen LogP contribution in [-0.2, 0) is 0 Å². The maximum atomic E-state index is 4.67. The summed E-state index contributed by atoms with van der Waals surface area (Å²) in [7, 11) is 0. The second-order valence-electron chi connectivity index (χ2n) is 5.94. The van der Waals surface area contributed by atoms with Gasteiger partial charge < -0.3 is 4.40 Å². The molecule has 0 N–H and O–H groups in total. The number of nitrogens with zero attached hydrogens (tertiary/aromatic N) is 2. The Balaban J connectivity index is 2.47. The third kappa shape index (κ3) is 1.50. The van der Waals surface area contributed by atoms with Crippen molar-refractivity contribution in [1.29, 1.82) is 0 Å². The van der Waals surface area contributed by atoms with Crippen LogP contribution < -0.4 is 0 Å². The molecule has 0 bridgehead atoms. The van der Waals surface area contributed by atoms with Gasteiger partial charge >= 0.3 is 0 Å². The molecule has 3 aromatic heterocycles. The molecule has 2 heteroatoms. The summed E-state index contributed by atoms with van der Waals surface area (Å²) in [5.74, 6) is 0. The van der Waals surface area contributed by atoms with Gasteiger partial charge in [-0.1, -0.05) is 11.6 Å². The lowest BCUT2D eigenvalue weighted by Crippen LogP contribution is -1.95. The largest absolute Gasteiger partial charge is 0.313 e. The summed E-state index contributed by atoms with van der Waals surface area (Å²) in [5, 5.41) is 2.47. The monoisotopic (exact) mass is 274 g/mol. The molecule has 0 saturated heterocycles. The van der Waals surface area contributed by atoms with Crippen molar-refractivity contribution in [2.75, 3.05) is 0 Å². The van der Waals surface area contributed by atoms with Gasteiger partial charge in [-0.3, -0.25) is 4.98 Å². The van der Waals surface area contributed by atoms with Crippen LogP contribution in [0.15, 0.2) is 36.5 Å². The predicted octanol–water partition coefficient (Wildman–Crippen LogP) is 4.87. The highest BCUT2D eigenvalue weighted by atomic mass is 14.9. The molecule has 104 valence electrons. The van der Waals surface area contributed by atoms with Crippen LogP contribution in [-0.4, -0.2) is 9.38 Å². The first-order chi connectivity index (χ1) is 10.1. The Bertz CT molecular complexity index is 1020. The standard InChI is InChI=1S/C19H18N2/c1-11-7-8-17-16(10-11)18-15(6-5-9-20-18)19-13(3)12(2)14(4)21(17)19/h5-10H,1-4H3. The Morgan fingerprint density at radius 3 is 2.52 bits per heavy atom. The molecule has 1 aromatic carbocycles. The predicted molar refractivity (Wildman–Crippen MR) is 89.2 cm³/mol. The molecule has 4 rings (SSSR count). The Kier molecular flexibility index (Phi) is 2.41. The molecule has 0 aliphatic rings. The molecule has 3 heterocycles. The van der Waals surface area contributed by atoms with Crippen molar-refractivity contribution in [3.63, 3.8) is 0 Å². The van der Waals surface area contributed by atoms with Crippen molar-refractivity contribution < 1.29 is 0 Å². The lowest BCUT2D eigenvalue weighted by Gasteiger charge is -2.11. The fourth-order valence-electron chi connectivity index (χ4n) is 3.42. The zero-order chi connectivity index (χ0) is 14.7. The number of hydrogen-bond acceptors (Lipinski definition) is 1. The van der Waals surface area contributed by atoms with Crippen LogP contribution >= 0.6 is 0 Å². The molecular formula is C19H18N2. The molecule has 0 unspecified atom stereocenters. The SMILES string of the molecule is Cc1ccc2c(c1)c1ncccc1c1c(C)c(C)c(C)n21. The Morgan fingerprint density at radius 1 is 0.905 bits per heavy atom. The van der Waals surface area contributed by atoms with Gasteiger partial charge in [-0.25, -0.2) is 0 Å². The van der Waals surface area contributed by atoms with Crippen molar-refractivity contribution in [1.82, 2.24) is 9.38 Å². The smallest absolute Gasteiger partial charge is 0.0816 e. The average molecular weight is 274 g/mol. The second kappa shape index (κ2) is 4.08. The number of aromatic nitrogens is 2. The Labute approximate surface area is 124 Å². The summed E-state index contributed by atoms with van der Waals surface area (Å²) in [4.78, 5) is 4.67. The average Bonchev–Trinajstić information content (AvgIpc) is 2.72. The van der Waals surface area contributed by atoms with Crippen LogP contribution in [0.25, 0.3) is 27.3 Å². The highest BCUT2D eigenvalue weighted by Crippen LogP contribution is 2.34. The zero-order valence-corrected chi connectivity index (χ0v) is 12.9. The molecule has 0 atom stereocenters. The minimum absolute atomic E-state index is 1.10. The van der Waals surface area contributed by atoms with Gasteiger partial charge in [0, 0.05) is 22.7 Å². The summed E-state index contributed by atoms with van der Waals surface area (Å²) < 4.78 is 2.39. The van der Waals surface area contributed by atoms with Gasteiger partial charge in [0.1, 0.15) is 0 Å². The van der Waals surface area contributed by atoms with Gasteiger partial charge in [0.25, 0.3) is 0 Å². The van der Waals surface area contributed by atoms with E-state index < -0.39 is 0 Å². The van der Waals surface area contributed by atoms with E-state index in [1.807, 2.05) is 12.3 Å². The maximum Gasteiger partial charge on any atom is 0.0816 e. The number of pyridine rings is 2. The highest BCUT2D eigenvalue weighted by Gasteiger charge is 2.16. The molecule has 4 aromatic rings. The normalized spacial score (nSPS) is 11.8. The van der Waals surface area contributed by atoms with Crippen molar-refractivity contribution in [3.8, 4) is 0 Å². The fraction of sp³-hybridized carbons (Fsp3) is 0.211. The minimum Gasteiger partial charge on any atom is -0.313 e. The van der Waals surface area contributed by atoms with Gasteiger partial charge in [-0.15, -0.1) is 0 Å². The molecule has 0 amide bonds. The minimum atomic E-state index is 1.10. The van der Waals surface area contributed by atoms with Gasteiger partial charge in [0.15, 0.2) is 0 Å². The Hall–Kier alpha value is -2.35. The van der Waals surface area contributed by atoms with E-state index in [-0.39, 0.29) is 0 Å². The van der Waals surface area contributed by atoms with E-state index in [2.05, 4.69) is 61.3 Å². The van der Waals surface area contributed by atoms with Crippen LogP contribution in [0.1, 0.15) is 22.4 Å². The molecule has 21 heavy (non-hydrogen) atoms. The fourth-order valence-corrected chi connectivity index (χ4v) is 3.42. The lowest BCUT2D eigenvalue weighted by atomic mass is 10.1. The van der Waals surface area contributed by atoms with E-state index in [0.717, 1.165) is 5.52 Å². The molecule has 0 saturated carbocycles. The van der Waals surface area contributed by atoms with E-state index in [1.165, 1.54) is 44.2 Å². The van der Waals surface area contributed by atoms with Crippen molar-refractivity contribution in [3.05, 3.63) is 58.9 Å². The van der Waals surface area contributed by atoms with Crippen LogP contribution in [0, 0.1) is 27.7 Å². The number of benzene rings is 1. The number of rotatable bonds is 0. The summed E-state index contributed by atoms with van der Waals surface area (Å²) >= 11 is 0. The molecule has 0 spiro atoms. The number of hydrogen-bond donors (Lipinski definition) is 0. The first kappa shape index (κ1) is 12.4. The highest BCUT2D eigenvalue weighted by molar-refractivity contribution is 6.11. The van der Waals surface area contributed by atoms with E-state index >= 15 is 0 Å². The Morgan fingerprint density at radius 2 is 1.71 bits per heavy atom. The summed E-state index contributed by atoms with van der Waals surface area (Å²) in [6, 6.07) is 10.9. The molecule has 0 aliphatic heterocycles. The molecule has 0 radical (unpaired) electrons. The van der Waals surface area contributed by atoms with Crippen LogP contribution in [0.5, 0.6) is 0 Å². The molecule has 0 fully saturated rings. The van der Waals surface area contributed by atoms with E-state index in [4.69, 9.17) is 0 Å². The maximum absolute atomic E-state index is 4.67. The zero-order valence-electron chi connectivity index (χ0n) is 12.9. The van der Waals surface area contributed by atoms with Gasteiger partial charge in [-0.2, -0.15) is 0 Å². The summed E-state index contributed by atoms with van der Waals surface area (Å²) in [6.07, 6.45) is 1.89. The molecular weight excluding hydrogens is 256 g/mol. The molecule has 0 aliphatic carbocycles. The van der Waals surface area contributed by atoms with Crippen LogP contribution in [0.2, 0.25) is 0 Å². The third-order valence-electron chi connectivity index (χ3n) is 4.73. The summed E-state index contributed by atoms with van der Waals surface area (Å²) in [6.45, 7) is 8.76. The van der Waals surface area contributed by atoms with Crippen molar-refractivity contribution >= 4 is 27.3 Å². The molecule has 2 nitrogen and oxygen atoms in total. The first-order valence-corrected chi connectivity index (χ1v) is 7.35.